The normalized spacial score (nSPS) is 10.6. The monoisotopic (exact) mass is 280 g/mol. The number of H-pyrrole nitrogens is 1. The molecule has 0 aliphatic rings. The first-order valence-electron chi connectivity index (χ1n) is 5.78. The number of amides is 1. The van der Waals surface area contributed by atoms with Crippen molar-refractivity contribution in [2.75, 3.05) is 6.61 Å². The number of ether oxygens (including phenoxy) is 1. The molecule has 3 N–H and O–H groups in total. The van der Waals surface area contributed by atoms with Gasteiger partial charge in [-0.3, -0.25) is 4.79 Å². The van der Waals surface area contributed by atoms with E-state index in [0.29, 0.717) is 16.1 Å². The maximum atomic E-state index is 11.9. The number of fused-ring (bicyclic) bond motifs is 1. The third-order valence-corrected chi connectivity index (χ3v) is 2.93. The molecule has 6 heteroatoms. The molecule has 2 aromatic rings. The molecule has 19 heavy (non-hydrogen) atoms. The molecule has 0 bridgehead atoms. The minimum atomic E-state index is -0.513. The second-order valence-electron chi connectivity index (χ2n) is 4.03. The number of halogens is 1. The number of aromatic amines is 1. The van der Waals surface area contributed by atoms with Crippen molar-refractivity contribution in [3.63, 3.8) is 0 Å². The number of carbonyl (C=O) groups excluding carboxylic acids is 2. The van der Waals surface area contributed by atoms with Crippen molar-refractivity contribution in [1.82, 2.24) is 4.98 Å². The van der Waals surface area contributed by atoms with Gasteiger partial charge in [-0.1, -0.05) is 17.7 Å². The molecule has 5 nitrogen and oxygen atoms in total. The Labute approximate surface area is 114 Å². The lowest BCUT2D eigenvalue weighted by molar-refractivity contribution is -0.117. The molecule has 0 atom stereocenters. The minimum Gasteiger partial charge on any atom is -0.461 e. The van der Waals surface area contributed by atoms with E-state index in [2.05, 4.69) is 4.98 Å². The number of nitrogens with one attached hydrogen (secondary N) is 1. The van der Waals surface area contributed by atoms with Crippen LogP contribution in [0.1, 0.15) is 23.0 Å². The molecule has 0 radical (unpaired) electrons. The average Bonchev–Trinajstić information content (AvgIpc) is 2.67. The summed E-state index contributed by atoms with van der Waals surface area (Å²) < 4.78 is 4.95. The Morgan fingerprint density at radius 1 is 1.42 bits per heavy atom. The van der Waals surface area contributed by atoms with Crippen molar-refractivity contribution in [3.8, 4) is 0 Å². The number of hydrogen-bond acceptors (Lipinski definition) is 3. The first-order chi connectivity index (χ1) is 9.02. The predicted molar refractivity (Wildman–Crippen MR) is 72.2 cm³/mol. The molecule has 0 fully saturated rings. The Morgan fingerprint density at radius 3 is 2.79 bits per heavy atom. The van der Waals surface area contributed by atoms with Gasteiger partial charge in [-0.15, -0.1) is 0 Å². The zero-order valence-electron chi connectivity index (χ0n) is 10.3. The third kappa shape index (κ3) is 2.71. The van der Waals surface area contributed by atoms with E-state index in [1.165, 1.54) is 0 Å². The summed E-state index contributed by atoms with van der Waals surface area (Å²) in [4.78, 5) is 25.9. The van der Waals surface area contributed by atoms with Crippen LogP contribution in [0, 0.1) is 0 Å². The fraction of sp³-hybridized carbons (Fsp3) is 0.231. The van der Waals surface area contributed by atoms with Crippen molar-refractivity contribution in [1.29, 1.82) is 0 Å². The van der Waals surface area contributed by atoms with Crippen molar-refractivity contribution in [2.24, 2.45) is 5.73 Å². The molecule has 100 valence electrons. The zero-order chi connectivity index (χ0) is 14.0. The minimum absolute atomic E-state index is 0.0320. The fourth-order valence-electron chi connectivity index (χ4n) is 1.96. The first-order valence-corrected chi connectivity index (χ1v) is 6.16. The summed E-state index contributed by atoms with van der Waals surface area (Å²) in [5.41, 5.74) is 6.68. The van der Waals surface area contributed by atoms with Gasteiger partial charge >= 0.3 is 5.97 Å². The van der Waals surface area contributed by atoms with Gasteiger partial charge in [-0.2, -0.15) is 0 Å². The molecular weight excluding hydrogens is 268 g/mol. The SMILES string of the molecule is CCOC(=O)c1[nH]c2cc(Cl)ccc2c1CC(N)=O. The molecule has 0 saturated carbocycles. The van der Waals surface area contributed by atoms with Crippen molar-refractivity contribution in [2.45, 2.75) is 13.3 Å². The van der Waals surface area contributed by atoms with E-state index in [9.17, 15) is 9.59 Å². The van der Waals surface area contributed by atoms with Gasteiger partial charge in [0.15, 0.2) is 0 Å². The molecule has 0 saturated heterocycles. The Bertz CT molecular complexity index is 649. The van der Waals surface area contributed by atoms with Crippen LogP contribution < -0.4 is 5.73 Å². The predicted octanol–water partition coefficient (Wildman–Crippen LogP) is 2.03. The first kappa shape index (κ1) is 13.4. The summed E-state index contributed by atoms with van der Waals surface area (Å²) in [5.74, 6) is -1.02. The summed E-state index contributed by atoms with van der Waals surface area (Å²) in [7, 11) is 0. The van der Waals surface area contributed by atoms with Crippen molar-refractivity contribution < 1.29 is 14.3 Å². The average molecular weight is 281 g/mol. The highest BCUT2D eigenvalue weighted by Crippen LogP contribution is 2.26. The number of aromatic nitrogens is 1. The van der Waals surface area contributed by atoms with Crippen molar-refractivity contribution >= 4 is 34.4 Å². The van der Waals surface area contributed by atoms with Crippen LogP contribution in [0.4, 0.5) is 0 Å². The molecule has 1 aromatic carbocycles. The molecule has 2 rings (SSSR count). The highest BCUT2D eigenvalue weighted by molar-refractivity contribution is 6.31. The molecule has 0 spiro atoms. The fourth-order valence-corrected chi connectivity index (χ4v) is 2.14. The second kappa shape index (κ2) is 5.32. The van der Waals surface area contributed by atoms with Crippen molar-refractivity contribution in [3.05, 3.63) is 34.5 Å². The highest BCUT2D eigenvalue weighted by Gasteiger charge is 2.20. The number of carbonyl (C=O) groups is 2. The summed E-state index contributed by atoms with van der Waals surface area (Å²) in [6, 6.07) is 5.12. The lowest BCUT2D eigenvalue weighted by Gasteiger charge is -2.02. The van der Waals surface area contributed by atoms with Gasteiger partial charge in [-0.25, -0.2) is 4.79 Å². The Hall–Kier alpha value is -2.01. The molecule has 0 aliphatic carbocycles. The summed E-state index contributed by atoms with van der Waals surface area (Å²) in [6.45, 7) is 1.97. The van der Waals surface area contributed by atoms with Crippen LogP contribution in [0.15, 0.2) is 18.2 Å². The van der Waals surface area contributed by atoms with Crippen LogP contribution in [0.5, 0.6) is 0 Å². The standard InChI is InChI=1S/C13H13ClN2O3/c1-2-19-13(18)12-9(6-11(15)17)8-4-3-7(14)5-10(8)16-12/h3-5,16H,2,6H2,1H3,(H2,15,17). The van der Waals surface area contributed by atoms with Gasteiger partial charge < -0.3 is 15.5 Å². The van der Waals surface area contributed by atoms with Gasteiger partial charge in [0.2, 0.25) is 5.91 Å². The van der Waals surface area contributed by atoms with E-state index in [4.69, 9.17) is 22.1 Å². The lowest BCUT2D eigenvalue weighted by Crippen LogP contribution is -2.16. The molecular formula is C13H13ClN2O3. The van der Waals surface area contributed by atoms with E-state index in [-0.39, 0.29) is 18.7 Å². The number of nitrogens with two attached hydrogens (primary N) is 1. The molecule has 1 heterocycles. The van der Waals surface area contributed by atoms with Crippen LogP contribution in [-0.2, 0) is 16.0 Å². The summed E-state index contributed by atoms with van der Waals surface area (Å²) in [5, 5.41) is 1.28. The number of rotatable bonds is 4. The van der Waals surface area contributed by atoms with Gasteiger partial charge in [0, 0.05) is 21.5 Å². The van der Waals surface area contributed by atoms with Gasteiger partial charge in [0.25, 0.3) is 0 Å². The second-order valence-corrected chi connectivity index (χ2v) is 4.47. The number of esters is 1. The number of hydrogen-bond donors (Lipinski definition) is 2. The van der Waals surface area contributed by atoms with Crippen LogP contribution in [-0.4, -0.2) is 23.5 Å². The van der Waals surface area contributed by atoms with Gasteiger partial charge in [-0.05, 0) is 19.1 Å². The Balaban J connectivity index is 2.60. The van der Waals surface area contributed by atoms with Crippen LogP contribution in [0.3, 0.4) is 0 Å². The molecule has 0 aliphatic heterocycles. The van der Waals surface area contributed by atoms with Crippen LogP contribution in [0.2, 0.25) is 5.02 Å². The maximum absolute atomic E-state index is 11.9. The molecule has 0 unspecified atom stereocenters. The molecule has 1 aromatic heterocycles. The largest absolute Gasteiger partial charge is 0.461 e. The smallest absolute Gasteiger partial charge is 0.355 e. The van der Waals surface area contributed by atoms with E-state index in [1.807, 2.05) is 0 Å². The van der Waals surface area contributed by atoms with E-state index < -0.39 is 11.9 Å². The van der Waals surface area contributed by atoms with E-state index >= 15 is 0 Å². The number of benzene rings is 1. The summed E-state index contributed by atoms with van der Waals surface area (Å²) >= 11 is 5.90. The Morgan fingerprint density at radius 2 is 2.16 bits per heavy atom. The molecule has 1 amide bonds. The van der Waals surface area contributed by atoms with Crippen LogP contribution in [0.25, 0.3) is 10.9 Å². The van der Waals surface area contributed by atoms with Crippen LogP contribution >= 0.6 is 11.6 Å². The van der Waals surface area contributed by atoms with Gasteiger partial charge in [0.1, 0.15) is 5.69 Å². The summed E-state index contributed by atoms with van der Waals surface area (Å²) in [6.07, 6.45) is -0.0320. The third-order valence-electron chi connectivity index (χ3n) is 2.70. The maximum Gasteiger partial charge on any atom is 0.355 e. The van der Waals surface area contributed by atoms with E-state index in [1.54, 1.807) is 25.1 Å². The zero-order valence-corrected chi connectivity index (χ0v) is 11.1. The topological polar surface area (TPSA) is 85.2 Å². The Kier molecular flexibility index (Phi) is 3.76. The number of primary amides is 1. The highest BCUT2D eigenvalue weighted by atomic mass is 35.5. The quantitative estimate of drug-likeness (QED) is 0.840. The van der Waals surface area contributed by atoms with Gasteiger partial charge in [0.05, 0.1) is 13.0 Å². The van der Waals surface area contributed by atoms with E-state index in [0.717, 1.165) is 5.39 Å². The lowest BCUT2D eigenvalue weighted by atomic mass is 10.1.